The van der Waals surface area contributed by atoms with Crippen LogP contribution in [-0.2, 0) is 4.79 Å². The van der Waals surface area contributed by atoms with E-state index in [1.54, 1.807) is 0 Å². The summed E-state index contributed by atoms with van der Waals surface area (Å²) in [7, 11) is 0. The van der Waals surface area contributed by atoms with Gasteiger partial charge >= 0.3 is 0 Å². The van der Waals surface area contributed by atoms with Crippen LogP contribution in [0.15, 0.2) is 36.9 Å². The Balaban J connectivity index is 2.01. The second-order valence-electron chi connectivity index (χ2n) is 3.98. The van der Waals surface area contributed by atoms with Gasteiger partial charge in [-0.2, -0.15) is 0 Å². The van der Waals surface area contributed by atoms with Crippen molar-refractivity contribution >= 4 is 17.3 Å². The van der Waals surface area contributed by atoms with E-state index in [0.29, 0.717) is 0 Å². The highest BCUT2D eigenvalue weighted by molar-refractivity contribution is 5.98. The number of anilines is 2. The molecule has 1 heterocycles. The van der Waals surface area contributed by atoms with Gasteiger partial charge in [0.1, 0.15) is 0 Å². The third kappa shape index (κ3) is 3.07. The van der Waals surface area contributed by atoms with Gasteiger partial charge in [0, 0.05) is 37.6 Å². The Bertz CT molecular complexity index is 394. The van der Waals surface area contributed by atoms with Crippen molar-refractivity contribution in [1.29, 1.82) is 0 Å². The van der Waals surface area contributed by atoms with Crippen molar-refractivity contribution in [2.75, 3.05) is 36.4 Å². The molecule has 0 aromatic heterocycles. The fourth-order valence-corrected chi connectivity index (χ4v) is 1.87. The largest absolute Gasteiger partial charge is 0.369 e. The van der Waals surface area contributed by atoms with Gasteiger partial charge in [0.25, 0.3) is 0 Å². The van der Waals surface area contributed by atoms with E-state index in [-0.39, 0.29) is 5.91 Å². The standard InChI is InChI=1S/C13H17N3O/c1-2-13(17)15-11-3-5-12(6-4-11)16-9-7-14-8-10-16/h2-6,14H,1,7-10H2,(H,15,17). The number of piperazine rings is 1. The maximum Gasteiger partial charge on any atom is 0.247 e. The van der Waals surface area contributed by atoms with Crippen molar-refractivity contribution in [3.8, 4) is 0 Å². The Labute approximate surface area is 101 Å². The number of amides is 1. The molecule has 0 atom stereocenters. The van der Waals surface area contributed by atoms with Crippen LogP contribution in [-0.4, -0.2) is 32.1 Å². The van der Waals surface area contributed by atoms with Crippen LogP contribution in [0.2, 0.25) is 0 Å². The fraction of sp³-hybridized carbons (Fsp3) is 0.308. The number of carbonyl (C=O) groups is 1. The topological polar surface area (TPSA) is 44.4 Å². The molecule has 0 bridgehead atoms. The number of nitrogens with zero attached hydrogens (tertiary/aromatic N) is 1. The lowest BCUT2D eigenvalue weighted by atomic mass is 10.2. The highest BCUT2D eigenvalue weighted by atomic mass is 16.1. The zero-order valence-corrected chi connectivity index (χ0v) is 9.78. The van der Waals surface area contributed by atoms with E-state index in [1.807, 2.05) is 24.3 Å². The molecule has 1 saturated heterocycles. The molecule has 1 aromatic rings. The Kier molecular flexibility index (Phi) is 3.77. The summed E-state index contributed by atoms with van der Waals surface area (Å²) in [6.45, 7) is 7.52. The van der Waals surface area contributed by atoms with Crippen molar-refractivity contribution < 1.29 is 4.79 Å². The summed E-state index contributed by atoms with van der Waals surface area (Å²) in [6, 6.07) is 7.89. The summed E-state index contributed by atoms with van der Waals surface area (Å²) < 4.78 is 0. The summed E-state index contributed by atoms with van der Waals surface area (Å²) >= 11 is 0. The molecule has 2 rings (SSSR count). The van der Waals surface area contributed by atoms with E-state index >= 15 is 0 Å². The molecule has 1 fully saturated rings. The summed E-state index contributed by atoms with van der Waals surface area (Å²) in [5.41, 5.74) is 2.00. The molecule has 17 heavy (non-hydrogen) atoms. The number of hydrogen-bond donors (Lipinski definition) is 2. The second kappa shape index (κ2) is 5.50. The Morgan fingerprint density at radius 2 is 1.94 bits per heavy atom. The van der Waals surface area contributed by atoms with E-state index in [0.717, 1.165) is 31.9 Å². The molecular formula is C13H17N3O. The molecular weight excluding hydrogens is 214 g/mol. The van der Waals surface area contributed by atoms with Gasteiger partial charge < -0.3 is 15.5 Å². The van der Waals surface area contributed by atoms with Crippen molar-refractivity contribution in [3.63, 3.8) is 0 Å². The van der Waals surface area contributed by atoms with Crippen molar-refractivity contribution in [2.45, 2.75) is 0 Å². The van der Waals surface area contributed by atoms with Crippen LogP contribution in [0.3, 0.4) is 0 Å². The first-order chi connectivity index (χ1) is 8.29. The van der Waals surface area contributed by atoms with Gasteiger partial charge in [-0.25, -0.2) is 0 Å². The number of hydrogen-bond acceptors (Lipinski definition) is 3. The van der Waals surface area contributed by atoms with Gasteiger partial charge in [-0.3, -0.25) is 4.79 Å². The first-order valence-electron chi connectivity index (χ1n) is 5.79. The van der Waals surface area contributed by atoms with Crippen LogP contribution in [0.1, 0.15) is 0 Å². The number of nitrogens with one attached hydrogen (secondary N) is 2. The summed E-state index contributed by atoms with van der Waals surface area (Å²) in [4.78, 5) is 13.4. The third-order valence-corrected chi connectivity index (χ3v) is 2.80. The predicted octanol–water partition coefficient (Wildman–Crippen LogP) is 1.22. The number of carbonyl (C=O) groups excluding carboxylic acids is 1. The Hall–Kier alpha value is -1.81. The average Bonchev–Trinajstić information content (AvgIpc) is 2.40. The smallest absolute Gasteiger partial charge is 0.247 e. The quantitative estimate of drug-likeness (QED) is 0.769. The first kappa shape index (κ1) is 11.7. The van der Waals surface area contributed by atoms with Crippen LogP contribution in [0.4, 0.5) is 11.4 Å². The van der Waals surface area contributed by atoms with Gasteiger partial charge in [-0.05, 0) is 30.3 Å². The predicted molar refractivity (Wildman–Crippen MR) is 70.4 cm³/mol. The van der Waals surface area contributed by atoms with Crippen molar-refractivity contribution in [1.82, 2.24) is 5.32 Å². The minimum atomic E-state index is -0.181. The van der Waals surface area contributed by atoms with Gasteiger partial charge in [0.2, 0.25) is 5.91 Å². The van der Waals surface area contributed by atoms with Crippen molar-refractivity contribution in [3.05, 3.63) is 36.9 Å². The van der Waals surface area contributed by atoms with Gasteiger partial charge in [0.15, 0.2) is 0 Å². The fourth-order valence-electron chi connectivity index (χ4n) is 1.87. The normalized spacial score (nSPS) is 15.4. The van der Waals surface area contributed by atoms with Gasteiger partial charge in [-0.1, -0.05) is 6.58 Å². The first-order valence-corrected chi connectivity index (χ1v) is 5.79. The maximum atomic E-state index is 11.1. The molecule has 4 nitrogen and oxygen atoms in total. The number of benzene rings is 1. The molecule has 0 aliphatic carbocycles. The molecule has 1 aromatic carbocycles. The lowest BCUT2D eigenvalue weighted by Crippen LogP contribution is -2.43. The van der Waals surface area contributed by atoms with E-state index in [4.69, 9.17) is 0 Å². The Morgan fingerprint density at radius 1 is 1.29 bits per heavy atom. The molecule has 0 saturated carbocycles. The minimum Gasteiger partial charge on any atom is -0.369 e. The molecule has 1 amide bonds. The number of rotatable bonds is 3. The van der Waals surface area contributed by atoms with Crippen molar-refractivity contribution in [2.24, 2.45) is 0 Å². The van der Waals surface area contributed by atoms with E-state index in [9.17, 15) is 4.79 Å². The SMILES string of the molecule is C=CC(=O)Nc1ccc(N2CCNCC2)cc1. The summed E-state index contributed by atoms with van der Waals surface area (Å²) in [6.07, 6.45) is 1.27. The van der Waals surface area contributed by atoms with Crippen LogP contribution in [0.5, 0.6) is 0 Å². The maximum absolute atomic E-state index is 11.1. The zero-order chi connectivity index (χ0) is 12.1. The van der Waals surface area contributed by atoms with Crippen LogP contribution >= 0.6 is 0 Å². The van der Waals surface area contributed by atoms with Crippen LogP contribution in [0, 0.1) is 0 Å². The molecule has 0 radical (unpaired) electrons. The van der Waals surface area contributed by atoms with E-state index in [1.165, 1.54) is 11.8 Å². The molecule has 1 aliphatic heterocycles. The van der Waals surface area contributed by atoms with Crippen LogP contribution < -0.4 is 15.5 Å². The average molecular weight is 231 g/mol. The molecule has 0 spiro atoms. The Morgan fingerprint density at radius 3 is 2.53 bits per heavy atom. The van der Waals surface area contributed by atoms with E-state index < -0.39 is 0 Å². The molecule has 90 valence electrons. The molecule has 4 heteroatoms. The third-order valence-electron chi connectivity index (χ3n) is 2.80. The summed E-state index contributed by atoms with van der Waals surface area (Å²) in [5, 5.41) is 6.05. The lowest BCUT2D eigenvalue weighted by Gasteiger charge is -2.29. The zero-order valence-electron chi connectivity index (χ0n) is 9.78. The lowest BCUT2D eigenvalue weighted by molar-refractivity contribution is -0.111. The summed E-state index contributed by atoms with van der Waals surface area (Å²) in [5.74, 6) is -0.181. The van der Waals surface area contributed by atoms with E-state index in [2.05, 4.69) is 22.1 Å². The van der Waals surface area contributed by atoms with Gasteiger partial charge in [-0.15, -0.1) is 0 Å². The van der Waals surface area contributed by atoms with Gasteiger partial charge in [0.05, 0.1) is 0 Å². The monoisotopic (exact) mass is 231 g/mol. The highest BCUT2D eigenvalue weighted by Crippen LogP contribution is 2.18. The van der Waals surface area contributed by atoms with Crippen LogP contribution in [0.25, 0.3) is 0 Å². The molecule has 1 aliphatic rings. The molecule has 2 N–H and O–H groups in total. The minimum absolute atomic E-state index is 0.181. The highest BCUT2D eigenvalue weighted by Gasteiger charge is 2.09. The second-order valence-corrected chi connectivity index (χ2v) is 3.98. The molecule has 0 unspecified atom stereocenters.